The number of aliphatic hydroxyl groups excluding tert-OH is 1. The molecule has 0 spiro atoms. The maximum absolute atomic E-state index is 12.4. The molecule has 7 heteroatoms. The normalized spacial score (nSPS) is 17.2. The first-order valence-electron chi connectivity index (χ1n) is 10.0. The summed E-state index contributed by atoms with van der Waals surface area (Å²) in [5.41, 5.74) is 2.18. The molecule has 3 rings (SSSR count). The summed E-state index contributed by atoms with van der Waals surface area (Å²) in [5, 5.41) is 10.3. The van der Waals surface area contributed by atoms with Crippen molar-refractivity contribution in [2.24, 2.45) is 0 Å². The van der Waals surface area contributed by atoms with Crippen LogP contribution >= 0.6 is 0 Å². The first-order valence-corrected chi connectivity index (χ1v) is 11.5. The van der Waals surface area contributed by atoms with E-state index < -0.39 is 16.1 Å². The van der Waals surface area contributed by atoms with E-state index in [1.54, 1.807) is 30.3 Å². The number of aryl methyl sites for hydroxylation is 2. The first-order chi connectivity index (χ1) is 13.8. The second-order valence-corrected chi connectivity index (χ2v) is 9.46. The predicted molar refractivity (Wildman–Crippen MR) is 114 cm³/mol. The van der Waals surface area contributed by atoms with Gasteiger partial charge in [0, 0.05) is 12.6 Å². The van der Waals surface area contributed by atoms with Crippen LogP contribution in [0.4, 0.5) is 0 Å². The van der Waals surface area contributed by atoms with Crippen molar-refractivity contribution >= 4 is 10.0 Å². The molecule has 2 aromatic carbocycles. The Bertz CT molecular complexity index is 894. The standard InChI is InChI=1S/C22H30N2O4S/c1-17-8-9-18(2)22(14-17)28-16-20(25)15-24-12-10-19(11-13-24)23-29(26,27)21-6-4-3-5-7-21/h3-9,14,19-20,23,25H,10-13,15-16H2,1-2H3. The van der Waals surface area contributed by atoms with Crippen LogP contribution in [0.1, 0.15) is 24.0 Å². The van der Waals surface area contributed by atoms with E-state index in [1.807, 2.05) is 32.0 Å². The van der Waals surface area contributed by atoms with Crippen LogP contribution < -0.4 is 9.46 Å². The summed E-state index contributed by atoms with van der Waals surface area (Å²) >= 11 is 0. The fourth-order valence-electron chi connectivity index (χ4n) is 3.52. The molecule has 6 nitrogen and oxygen atoms in total. The van der Waals surface area contributed by atoms with Gasteiger partial charge < -0.3 is 14.7 Å². The number of rotatable bonds is 8. The van der Waals surface area contributed by atoms with Crippen molar-refractivity contribution in [3.63, 3.8) is 0 Å². The molecule has 1 fully saturated rings. The number of sulfonamides is 1. The summed E-state index contributed by atoms with van der Waals surface area (Å²) in [6.07, 6.45) is 0.847. The van der Waals surface area contributed by atoms with E-state index >= 15 is 0 Å². The zero-order chi connectivity index (χ0) is 20.9. The number of hydrogen-bond acceptors (Lipinski definition) is 5. The summed E-state index contributed by atoms with van der Waals surface area (Å²) in [4.78, 5) is 2.45. The molecule has 158 valence electrons. The molecule has 0 saturated carbocycles. The second kappa shape index (κ2) is 9.71. The van der Waals surface area contributed by atoms with Gasteiger partial charge in [0.1, 0.15) is 18.5 Å². The van der Waals surface area contributed by atoms with Crippen LogP contribution in [0.2, 0.25) is 0 Å². The highest BCUT2D eigenvalue weighted by molar-refractivity contribution is 7.89. The summed E-state index contributed by atoms with van der Waals surface area (Å²) in [6, 6.07) is 14.4. The molecule has 1 heterocycles. The minimum absolute atomic E-state index is 0.0835. The van der Waals surface area contributed by atoms with Crippen molar-refractivity contribution in [1.82, 2.24) is 9.62 Å². The number of nitrogens with one attached hydrogen (secondary N) is 1. The SMILES string of the molecule is Cc1ccc(C)c(OCC(O)CN2CCC(NS(=O)(=O)c3ccccc3)CC2)c1. The number of ether oxygens (including phenoxy) is 1. The Labute approximate surface area is 173 Å². The van der Waals surface area contributed by atoms with Crippen LogP contribution in [0.3, 0.4) is 0 Å². The molecule has 1 atom stereocenters. The first kappa shape index (κ1) is 21.8. The van der Waals surface area contributed by atoms with Crippen LogP contribution in [-0.4, -0.2) is 56.8 Å². The quantitative estimate of drug-likeness (QED) is 0.689. The van der Waals surface area contributed by atoms with Gasteiger partial charge in [0.2, 0.25) is 10.0 Å². The van der Waals surface area contributed by atoms with Crippen molar-refractivity contribution in [3.05, 3.63) is 59.7 Å². The van der Waals surface area contributed by atoms with Crippen molar-refractivity contribution in [3.8, 4) is 5.75 Å². The lowest BCUT2D eigenvalue weighted by Crippen LogP contribution is -2.47. The van der Waals surface area contributed by atoms with Crippen molar-refractivity contribution in [1.29, 1.82) is 0 Å². The van der Waals surface area contributed by atoms with Crippen LogP contribution in [-0.2, 0) is 10.0 Å². The molecule has 29 heavy (non-hydrogen) atoms. The Balaban J connectivity index is 1.43. The third kappa shape index (κ3) is 6.27. The average Bonchev–Trinajstić information content (AvgIpc) is 2.70. The second-order valence-electron chi connectivity index (χ2n) is 7.74. The lowest BCUT2D eigenvalue weighted by atomic mass is 10.1. The van der Waals surface area contributed by atoms with Crippen LogP contribution in [0.15, 0.2) is 53.4 Å². The zero-order valence-electron chi connectivity index (χ0n) is 17.0. The number of nitrogens with zero attached hydrogens (tertiary/aromatic N) is 1. The number of β-amino-alcohol motifs (C(OH)–C–C–N with tert-alkyl or cyclic N) is 1. The fraction of sp³-hybridized carbons (Fsp3) is 0.455. The van der Waals surface area contributed by atoms with E-state index in [-0.39, 0.29) is 12.6 Å². The number of piperidine rings is 1. The van der Waals surface area contributed by atoms with E-state index in [4.69, 9.17) is 4.74 Å². The minimum atomic E-state index is -3.49. The number of aliphatic hydroxyl groups is 1. The molecule has 0 aromatic heterocycles. The van der Waals surface area contributed by atoms with Gasteiger partial charge in [-0.1, -0.05) is 30.3 Å². The van der Waals surface area contributed by atoms with Gasteiger partial charge in [-0.2, -0.15) is 0 Å². The smallest absolute Gasteiger partial charge is 0.240 e. The molecule has 2 N–H and O–H groups in total. The van der Waals surface area contributed by atoms with E-state index in [1.165, 1.54) is 0 Å². The molecular weight excluding hydrogens is 388 g/mol. The highest BCUT2D eigenvalue weighted by Crippen LogP contribution is 2.20. The molecule has 0 radical (unpaired) electrons. The van der Waals surface area contributed by atoms with Crippen LogP contribution in [0.25, 0.3) is 0 Å². The summed E-state index contributed by atoms with van der Waals surface area (Å²) in [6.45, 7) is 6.24. The lowest BCUT2D eigenvalue weighted by Gasteiger charge is -2.33. The Morgan fingerprint density at radius 2 is 1.83 bits per heavy atom. The third-order valence-electron chi connectivity index (χ3n) is 5.21. The maximum atomic E-state index is 12.4. The monoisotopic (exact) mass is 418 g/mol. The Hall–Kier alpha value is -1.93. The number of likely N-dealkylation sites (tertiary alicyclic amines) is 1. The van der Waals surface area contributed by atoms with E-state index in [0.717, 1.165) is 42.8 Å². The Morgan fingerprint density at radius 1 is 1.14 bits per heavy atom. The van der Waals surface area contributed by atoms with Gasteiger partial charge in [-0.15, -0.1) is 0 Å². The summed E-state index contributed by atoms with van der Waals surface area (Å²) < 4.78 is 33.5. The van der Waals surface area contributed by atoms with Gasteiger partial charge in [0.15, 0.2) is 0 Å². The molecule has 0 aliphatic carbocycles. The third-order valence-corrected chi connectivity index (χ3v) is 6.74. The van der Waals surface area contributed by atoms with Gasteiger partial charge in [-0.3, -0.25) is 0 Å². The Kier molecular flexibility index (Phi) is 7.29. The largest absolute Gasteiger partial charge is 0.491 e. The van der Waals surface area contributed by atoms with Crippen molar-refractivity contribution in [2.75, 3.05) is 26.2 Å². The zero-order valence-corrected chi connectivity index (χ0v) is 17.9. The van der Waals surface area contributed by atoms with Gasteiger partial charge in [-0.25, -0.2) is 13.1 Å². The van der Waals surface area contributed by atoms with E-state index in [2.05, 4.69) is 9.62 Å². The molecule has 2 aromatic rings. The van der Waals surface area contributed by atoms with Gasteiger partial charge in [0.05, 0.1) is 4.90 Å². The topological polar surface area (TPSA) is 78.9 Å². The lowest BCUT2D eigenvalue weighted by molar-refractivity contribution is 0.0588. The van der Waals surface area contributed by atoms with Gasteiger partial charge in [0.25, 0.3) is 0 Å². The van der Waals surface area contributed by atoms with E-state index in [9.17, 15) is 13.5 Å². The molecule has 0 bridgehead atoms. The molecular formula is C22H30N2O4S. The summed E-state index contributed by atoms with van der Waals surface area (Å²) in [5.74, 6) is 0.804. The molecule has 1 aliphatic heterocycles. The van der Waals surface area contributed by atoms with Gasteiger partial charge in [-0.05, 0) is 69.1 Å². The van der Waals surface area contributed by atoms with Gasteiger partial charge >= 0.3 is 0 Å². The number of hydrogen-bond donors (Lipinski definition) is 2. The molecule has 1 aliphatic rings. The molecule has 1 unspecified atom stereocenters. The van der Waals surface area contributed by atoms with Crippen molar-refractivity contribution in [2.45, 2.75) is 43.7 Å². The fourth-order valence-corrected chi connectivity index (χ4v) is 4.85. The van der Waals surface area contributed by atoms with E-state index in [0.29, 0.717) is 11.4 Å². The number of benzene rings is 2. The predicted octanol–water partition coefficient (Wildman–Crippen LogP) is 2.49. The molecule has 1 saturated heterocycles. The summed E-state index contributed by atoms with van der Waals surface area (Å²) in [7, 11) is -3.49. The van der Waals surface area contributed by atoms with Crippen LogP contribution in [0, 0.1) is 13.8 Å². The van der Waals surface area contributed by atoms with Crippen molar-refractivity contribution < 1.29 is 18.3 Å². The van der Waals surface area contributed by atoms with Crippen LogP contribution in [0.5, 0.6) is 5.75 Å². The molecule has 0 amide bonds. The maximum Gasteiger partial charge on any atom is 0.240 e. The Morgan fingerprint density at radius 3 is 2.52 bits per heavy atom. The average molecular weight is 419 g/mol. The minimum Gasteiger partial charge on any atom is -0.491 e. The highest BCUT2D eigenvalue weighted by Gasteiger charge is 2.25. The highest BCUT2D eigenvalue weighted by atomic mass is 32.2.